The van der Waals surface area contributed by atoms with Gasteiger partial charge in [0.15, 0.2) is 5.82 Å². The number of nitrogen functional groups attached to an aromatic ring is 1. The normalized spacial score (nSPS) is 13.4. The van der Waals surface area contributed by atoms with Gasteiger partial charge in [-0.1, -0.05) is 53.2 Å². The Kier molecular flexibility index (Phi) is 6.17. The number of amides is 1. The smallest absolute Gasteiger partial charge is 0.233 e. The quantitative estimate of drug-likeness (QED) is 0.413. The van der Waals surface area contributed by atoms with Crippen molar-refractivity contribution in [3.05, 3.63) is 63.9 Å². The van der Waals surface area contributed by atoms with Gasteiger partial charge in [-0.05, 0) is 37.1 Å². The number of nitrogens with two attached hydrogens (primary N) is 1. The van der Waals surface area contributed by atoms with E-state index in [1.54, 1.807) is 41.3 Å². The van der Waals surface area contributed by atoms with E-state index >= 15 is 0 Å². The van der Waals surface area contributed by atoms with Crippen molar-refractivity contribution in [1.82, 2.24) is 19.8 Å². The zero-order valence-corrected chi connectivity index (χ0v) is 18.1. The number of nitrogens with zero attached hydrogens (tertiary/aromatic N) is 4. The molecule has 2 N–H and O–H groups in total. The number of hydrogen-bond donors (Lipinski definition) is 1. The number of thioether (sulfide) groups is 1. The average molecular weight is 466 g/mol. The summed E-state index contributed by atoms with van der Waals surface area (Å²) in [5.41, 5.74) is 1.10. The maximum absolute atomic E-state index is 14.0. The van der Waals surface area contributed by atoms with Gasteiger partial charge in [0.2, 0.25) is 11.1 Å². The van der Waals surface area contributed by atoms with Crippen LogP contribution in [0.5, 0.6) is 0 Å². The molecule has 1 heterocycles. The molecule has 10 heteroatoms. The van der Waals surface area contributed by atoms with Gasteiger partial charge >= 0.3 is 0 Å². The van der Waals surface area contributed by atoms with E-state index in [1.165, 1.54) is 22.5 Å². The zero-order chi connectivity index (χ0) is 21.3. The van der Waals surface area contributed by atoms with Crippen LogP contribution in [0, 0.1) is 5.82 Å². The van der Waals surface area contributed by atoms with Crippen molar-refractivity contribution in [3.8, 4) is 11.4 Å². The van der Waals surface area contributed by atoms with Gasteiger partial charge in [-0.25, -0.2) is 9.07 Å². The van der Waals surface area contributed by atoms with Crippen LogP contribution in [0.2, 0.25) is 10.0 Å². The van der Waals surface area contributed by atoms with Crippen LogP contribution in [0.15, 0.2) is 47.6 Å². The lowest BCUT2D eigenvalue weighted by Gasteiger charge is -2.22. The number of hydrogen-bond acceptors (Lipinski definition) is 5. The summed E-state index contributed by atoms with van der Waals surface area (Å²) in [4.78, 5) is 14.6. The van der Waals surface area contributed by atoms with Crippen molar-refractivity contribution in [3.63, 3.8) is 0 Å². The first kappa shape index (κ1) is 21.0. The van der Waals surface area contributed by atoms with Crippen molar-refractivity contribution >= 4 is 40.9 Å². The SMILES string of the molecule is Nn1c(SCC(=O)N(Cc2ccccc2F)C2CC2)nnc1-c1ccc(Cl)cc1Cl. The zero-order valence-electron chi connectivity index (χ0n) is 15.8. The highest BCUT2D eigenvalue weighted by atomic mass is 35.5. The first-order chi connectivity index (χ1) is 14.4. The van der Waals surface area contributed by atoms with Crippen LogP contribution in [0.4, 0.5) is 4.39 Å². The molecule has 1 aromatic heterocycles. The van der Waals surface area contributed by atoms with Crippen molar-refractivity contribution in [2.24, 2.45) is 0 Å². The first-order valence-corrected chi connectivity index (χ1v) is 11.0. The van der Waals surface area contributed by atoms with Crippen LogP contribution in [-0.4, -0.2) is 37.5 Å². The molecule has 1 saturated carbocycles. The fourth-order valence-corrected chi connectivity index (χ4v) is 4.29. The third-order valence-corrected chi connectivity index (χ3v) is 6.24. The van der Waals surface area contributed by atoms with Crippen LogP contribution in [0.1, 0.15) is 18.4 Å². The second-order valence-electron chi connectivity index (χ2n) is 6.93. The van der Waals surface area contributed by atoms with E-state index in [9.17, 15) is 9.18 Å². The maximum Gasteiger partial charge on any atom is 0.233 e. The van der Waals surface area contributed by atoms with Gasteiger partial charge in [0.25, 0.3) is 0 Å². The molecule has 1 amide bonds. The molecule has 4 rings (SSSR count). The topological polar surface area (TPSA) is 77.0 Å². The molecule has 3 aromatic rings. The second-order valence-corrected chi connectivity index (χ2v) is 8.72. The molecule has 1 fully saturated rings. The minimum atomic E-state index is -0.310. The Labute approximate surface area is 187 Å². The van der Waals surface area contributed by atoms with Gasteiger partial charge in [0, 0.05) is 28.7 Å². The Morgan fingerprint density at radius 2 is 2.00 bits per heavy atom. The van der Waals surface area contributed by atoms with Gasteiger partial charge in [-0.15, -0.1) is 10.2 Å². The molecule has 0 atom stereocenters. The summed E-state index contributed by atoms with van der Waals surface area (Å²) < 4.78 is 15.3. The monoisotopic (exact) mass is 465 g/mol. The fraction of sp³-hybridized carbons (Fsp3) is 0.250. The van der Waals surface area contributed by atoms with Gasteiger partial charge in [-0.3, -0.25) is 4.79 Å². The van der Waals surface area contributed by atoms with Gasteiger partial charge in [-0.2, -0.15) is 0 Å². The molecule has 1 aliphatic rings. The van der Waals surface area contributed by atoms with Crippen molar-refractivity contribution in [1.29, 1.82) is 0 Å². The van der Waals surface area contributed by atoms with Crippen LogP contribution < -0.4 is 5.84 Å². The lowest BCUT2D eigenvalue weighted by molar-refractivity contribution is -0.129. The molecule has 0 bridgehead atoms. The summed E-state index contributed by atoms with van der Waals surface area (Å²) in [6.45, 7) is 0.248. The molecule has 30 heavy (non-hydrogen) atoms. The predicted octanol–water partition coefficient (Wildman–Crippen LogP) is 4.39. The van der Waals surface area contributed by atoms with E-state index in [0.717, 1.165) is 12.8 Å². The molecular formula is C20H18Cl2FN5OS. The third-order valence-electron chi connectivity index (χ3n) is 4.77. The summed E-state index contributed by atoms with van der Waals surface area (Å²) >= 11 is 13.3. The second kappa shape index (κ2) is 8.83. The van der Waals surface area contributed by atoms with E-state index in [0.29, 0.717) is 32.2 Å². The summed E-state index contributed by atoms with van der Waals surface area (Å²) in [5, 5.41) is 9.45. The lowest BCUT2D eigenvalue weighted by atomic mass is 10.2. The van der Waals surface area contributed by atoms with E-state index < -0.39 is 0 Å². The summed E-state index contributed by atoms with van der Waals surface area (Å²) in [6, 6.07) is 11.6. The molecule has 0 aliphatic heterocycles. The molecule has 0 saturated heterocycles. The minimum Gasteiger partial charge on any atom is -0.335 e. The van der Waals surface area contributed by atoms with Crippen molar-refractivity contribution in [2.45, 2.75) is 30.6 Å². The van der Waals surface area contributed by atoms with E-state index in [4.69, 9.17) is 29.0 Å². The highest BCUT2D eigenvalue weighted by molar-refractivity contribution is 7.99. The summed E-state index contributed by atoms with van der Waals surface area (Å²) in [7, 11) is 0. The molecule has 0 unspecified atom stereocenters. The molecule has 2 aromatic carbocycles. The fourth-order valence-electron chi connectivity index (χ4n) is 3.06. The average Bonchev–Trinajstić information content (AvgIpc) is 3.49. The molecule has 0 radical (unpaired) electrons. The Morgan fingerprint density at radius 1 is 1.23 bits per heavy atom. The number of carbonyl (C=O) groups excluding carboxylic acids is 1. The Hall–Kier alpha value is -2.29. The van der Waals surface area contributed by atoms with Crippen LogP contribution in [0.3, 0.4) is 0 Å². The number of rotatable bonds is 7. The van der Waals surface area contributed by atoms with Gasteiger partial charge in [0.05, 0.1) is 10.8 Å². The van der Waals surface area contributed by atoms with Gasteiger partial charge in [0.1, 0.15) is 5.82 Å². The van der Waals surface area contributed by atoms with E-state index in [-0.39, 0.29) is 30.1 Å². The number of benzene rings is 2. The Balaban J connectivity index is 1.45. The molecular weight excluding hydrogens is 448 g/mol. The highest BCUT2D eigenvalue weighted by Crippen LogP contribution is 2.32. The minimum absolute atomic E-state index is 0.0974. The lowest BCUT2D eigenvalue weighted by Crippen LogP contribution is -2.34. The summed E-state index contributed by atoms with van der Waals surface area (Å²) in [6.07, 6.45) is 1.86. The predicted molar refractivity (Wildman–Crippen MR) is 116 cm³/mol. The number of aromatic nitrogens is 3. The van der Waals surface area contributed by atoms with Crippen molar-refractivity contribution in [2.75, 3.05) is 11.6 Å². The van der Waals surface area contributed by atoms with Crippen LogP contribution in [0.25, 0.3) is 11.4 Å². The molecule has 156 valence electrons. The van der Waals surface area contributed by atoms with Gasteiger partial charge < -0.3 is 10.7 Å². The van der Waals surface area contributed by atoms with Crippen LogP contribution in [-0.2, 0) is 11.3 Å². The molecule has 0 spiro atoms. The van der Waals surface area contributed by atoms with E-state index in [1.807, 2.05) is 0 Å². The highest BCUT2D eigenvalue weighted by Gasteiger charge is 2.33. The standard InChI is InChI=1S/C20H18Cl2FN5OS/c21-13-5-8-15(16(22)9-13)19-25-26-20(28(19)24)30-11-18(29)27(14-6-7-14)10-12-3-1-2-4-17(12)23/h1-5,8-9,14H,6-7,10-11,24H2. The van der Waals surface area contributed by atoms with Crippen molar-refractivity contribution < 1.29 is 9.18 Å². The van der Waals surface area contributed by atoms with E-state index in [2.05, 4.69) is 10.2 Å². The third kappa shape index (κ3) is 4.55. The first-order valence-electron chi connectivity index (χ1n) is 9.25. The largest absolute Gasteiger partial charge is 0.335 e. The Bertz CT molecular complexity index is 1090. The number of halogens is 3. The molecule has 6 nitrogen and oxygen atoms in total. The van der Waals surface area contributed by atoms with Crippen LogP contribution >= 0.6 is 35.0 Å². The number of carbonyl (C=O) groups is 1. The Morgan fingerprint density at radius 3 is 2.70 bits per heavy atom. The summed E-state index contributed by atoms with van der Waals surface area (Å²) in [5.74, 6) is 6.21. The maximum atomic E-state index is 14.0. The molecule has 1 aliphatic carbocycles.